The summed E-state index contributed by atoms with van der Waals surface area (Å²) in [5, 5.41) is 9.24. The number of carboxylic acid groups (broad SMARTS) is 1. The number of hydrogen-bond acceptors (Lipinski definition) is 2. The summed E-state index contributed by atoms with van der Waals surface area (Å²) in [4.78, 5) is 13.2. The number of carbonyl (C=O) groups is 1. The van der Waals surface area contributed by atoms with Crippen molar-refractivity contribution in [1.29, 1.82) is 0 Å². The molecule has 104 valence electrons. The number of hydrogen-bond donors (Lipinski definition) is 1. The minimum Gasteiger partial charge on any atom is -0.481 e. The van der Waals surface area contributed by atoms with Crippen LogP contribution in [0.1, 0.15) is 37.8 Å². The Morgan fingerprint density at radius 2 is 2.11 bits per heavy atom. The lowest BCUT2D eigenvalue weighted by Crippen LogP contribution is -2.39. The van der Waals surface area contributed by atoms with Crippen LogP contribution in [-0.4, -0.2) is 29.1 Å². The van der Waals surface area contributed by atoms with Gasteiger partial charge in [0.2, 0.25) is 0 Å². The van der Waals surface area contributed by atoms with Gasteiger partial charge in [0.1, 0.15) is 5.82 Å². The van der Waals surface area contributed by atoms with E-state index in [2.05, 4.69) is 0 Å². The molecule has 0 saturated heterocycles. The zero-order valence-corrected chi connectivity index (χ0v) is 11.3. The number of nitrogens with zero attached hydrogens (tertiary/aromatic N) is 1. The van der Waals surface area contributed by atoms with Crippen LogP contribution >= 0.6 is 0 Å². The van der Waals surface area contributed by atoms with Crippen molar-refractivity contribution in [3.8, 4) is 0 Å². The smallest absolute Gasteiger partial charge is 0.308 e. The van der Waals surface area contributed by atoms with Crippen LogP contribution in [-0.2, 0) is 4.79 Å². The average Bonchev–Trinajstić information content (AvgIpc) is 2.87. The summed E-state index contributed by atoms with van der Waals surface area (Å²) in [6.07, 6.45) is 2.51. The molecule has 0 heterocycles. The second-order valence-electron chi connectivity index (χ2n) is 5.31. The van der Waals surface area contributed by atoms with Crippen molar-refractivity contribution in [3.05, 3.63) is 35.6 Å². The van der Waals surface area contributed by atoms with E-state index in [4.69, 9.17) is 0 Å². The maximum absolute atomic E-state index is 13.8. The molecule has 0 bridgehead atoms. The molecule has 2 rings (SSSR count). The van der Waals surface area contributed by atoms with Crippen molar-refractivity contribution in [1.82, 2.24) is 4.90 Å². The summed E-state index contributed by atoms with van der Waals surface area (Å²) in [6, 6.07) is 6.57. The van der Waals surface area contributed by atoms with Crippen LogP contribution in [0.5, 0.6) is 0 Å². The number of halogens is 1. The Balaban J connectivity index is 2.17. The fourth-order valence-electron chi connectivity index (χ4n) is 3.04. The van der Waals surface area contributed by atoms with Gasteiger partial charge in [0.25, 0.3) is 0 Å². The van der Waals surface area contributed by atoms with Crippen molar-refractivity contribution >= 4 is 5.97 Å². The van der Waals surface area contributed by atoms with Crippen LogP contribution in [0.4, 0.5) is 4.39 Å². The van der Waals surface area contributed by atoms with Gasteiger partial charge >= 0.3 is 5.97 Å². The predicted octanol–water partition coefficient (Wildman–Crippen LogP) is 3.07. The maximum atomic E-state index is 13.8. The van der Waals surface area contributed by atoms with Gasteiger partial charge in [-0.3, -0.25) is 9.69 Å². The largest absolute Gasteiger partial charge is 0.481 e. The molecular formula is C15H20FNO2. The summed E-state index contributed by atoms with van der Waals surface area (Å²) < 4.78 is 13.8. The lowest BCUT2D eigenvalue weighted by molar-refractivity contribution is -0.143. The molecule has 1 fully saturated rings. The Kier molecular flexibility index (Phi) is 4.20. The van der Waals surface area contributed by atoms with E-state index in [1.54, 1.807) is 12.1 Å². The molecule has 0 spiro atoms. The lowest BCUT2D eigenvalue weighted by Gasteiger charge is -2.33. The predicted molar refractivity (Wildman–Crippen MR) is 71.3 cm³/mol. The molecule has 0 amide bonds. The number of rotatable bonds is 4. The van der Waals surface area contributed by atoms with Gasteiger partial charge < -0.3 is 5.11 Å². The molecule has 3 unspecified atom stereocenters. The Morgan fingerprint density at radius 1 is 1.42 bits per heavy atom. The van der Waals surface area contributed by atoms with Crippen molar-refractivity contribution in [2.24, 2.45) is 5.92 Å². The van der Waals surface area contributed by atoms with E-state index < -0.39 is 5.97 Å². The molecule has 4 heteroatoms. The third kappa shape index (κ3) is 2.78. The molecule has 1 aliphatic carbocycles. The van der Waals surface area contributed by atoms with Crippen LogP contribution < -0.4 is 0 Å². The van der Waals surface area contributed by atoms with Gasteiger partial charge in [-0.2, -0.15) is 0 Å². The second-order valence-corrected chi connectivity index (χ2v) is 5.31. The average molecular weight is 265 g/mol. The van der Waals surface area contributed by atoms with Gasteiger partial charge in [0.05, 0.1) is 5.92 Å². The first-order valence-corrected chi connectivity index (χ1v) is 6.71. The molecule has 1 aromatic carbocycles. The number of aliphatic carboxylic acids is 1. The van der Waals surface area contributed by atoms with E-state index in [0.29, 0.717) is 12.0 Å². The summed E-state index contributed by atoms with van der Waals surface area (Å²) >= 11 is 0. The highest BCUT2D eigenvalue weighted by atomic mass is 19.1. The number of benzene rings is 1. The molecule has 0 radical (unpaired) electrons. The van der Waals surface area contributed by atoms with Crippen molar-refractivity contribution < 1.29 is 14.3 Å². The van der Waals surface area contributed by atoms with Crippen LogP contribution in [0.25, 0.3) is 0 Å². The van der Waals surface area contributed by atoms with Gasteiger partial charge in [-0.1, -0.05) is 24.6 Å². The molecule has 1 aromatic rings. The zero-order chi connectivity index (χ0) is 14.0. The molecule has 3 atom stereocenters. The normalized spacial score (nSPS) is 24.6. The minimum absolute atomic E-state index is 0.00731. The minimum atomic E-state index is -0.741. The van der Waals surface area contributed by atoms with Crippen molar-refractivity contribution in [2.45, 2.75) is 38.3 Å². The number of carboxylic acids is 1. The maximum Gasteiger partial charge on any atom is 0.308 e. The van der Waals surface area contributed by atoms with Gasteiger partial charge in [0, 0.05) is 17.6 Å². The molecule has 1 N–H and O–H groups in total. The summed E-state index contributed by atoms with van der Waals surface area (Å²) in [5.74, 6) is -1.30. The Hall–Kier alpha value is -1.42. The first-order chi connectivity index (χ1) is 9.02. The third-order valence-electron chi connectivity index (χ3n) is 4.29. The summed E-state index contributed by atoms with van der Waals surface area (Å²) in [6.45, 7) is 1.93. The molecule has 19 heavy (non-hydrogen) atoms. The highest BCUT2D eigenvalue weighted by Crippen LogP contribution is 2.34. The monoisotopic (exact) mass is 265 g/mol. The zero-order valence-electron chi connectivity index (χ0n) is 11.3. The Morgan fingerprint density at radius 3 is 2.74 bits per heavy atom. The molecule has 1 aliphatic rings. The molecule has 0 aromatic heterocycles. The molecular weight excluding hydrogens is 245 g/mol. The van der Waals surface area contributed by atoms with E-state index in [1.165, 1.54) is 6.07 Å². The van der Waals surface area contributed by atoms with Crippen LogP contribution in [0, 0.1) is 11.7 Å². The van der Waals surface area contributed by atoms with Crippen molar-refractivity contribution in [3.63, 3.8) is 0 Å². The highest BCUT2D eigenvalue weighted by molar-refractivity contribution is 5.71. The van der Waals surface area contributed by atoms with E-state index in [0.717, 1.165) is 12.8 Å². The Labute approximate surface area is 113 Å². The lowest BCUT2D eigenvalue weighted by atomic mass is 9.99. The fourth-order valence-corrected chi connectivity index (χ4v) is 3.04. The SMILES string of the molecule is CC(c1ccccc1F)N(C)C1CCCC1C(=O)O. The standard InChI is InChI=1S/C15H20FNO2/c1-10(11-6-3-4-8-13(11)16)17(2)14-9-5-7-12(14)15(18)19/h3-4,6,8,10,12,14H,5,7,9H2,1-2H3,(H,18,19). The summed E-state index contributed by atoms with van der Waals surface area (Å²) in [5.41, 5.74) is 0.626. The van der Waals surface area contributed by atoms with Gasteiger partial charge in [-0.05, 0) is 32.9 Å². The molecule has 0 aliphatic heterocycles. The van der Waals surface area contributed by atoms with Crippen LogP contribution in [0.15, 0.2) is 24.3 Å². The van der Waals surface area contributed by atoms with E-state index in [-0.39, 0.29) is 23.8 Å². The Bertz CT molecular complexity index is 463. The van der Waals surface area contributed by atoms with Gasteiger partial charge in [-0.25, -0.2) is 4.39 Å². The first kappa shape index (κ1) is 14.0. The second kappa shape index (κ2) is 5.70. The van der Waals surface area contributed by atoms with Gasteiger partial charge in [-0.15, -0.1) is 0 Å². The highest BCUT2D eigenvalue weighted by Gasteiger charge is 2.37. The van der Waals surface area contributed by atoms with E-state index >= 15 is 0 Å². The third-order valence-corrected chi connectivity index (χ3v) is 4.29. The van der Waals surface area contributed by atoms with E-state index in [1.807, 2.05) is 24.9 Å². The quantitative estimate of drug-likeness (QED) is 0.909. The molecule has 3 nitrogen and oxygen atoms in total. The van der Waals surface area contributed by atoms with E-state index in [9.17, 15) is 14.3 Å². The van der Waals surface area contributed by atoms with Gasteiger partial charge in [0.15, 0.2) is 0 Å². The van der Waals surface area contributed by atoms with Crippen LogP contribution in [0.3, 0.4) is 0 Å². The summed E-state index contributed by atoms with van der Waals surface area (Å²) in [7, 11) is 1.89. The molecule has 1 saturated carbocycles. The first-order valence-electron chi connectivity index (χ1n) is 6.71. The topological polar surface area (TPSA) is 40.5 Å². The fraction of sp³-hybridized carbons (Fsp3) is 0.533. The van der Waals surface area contributed by atoms with Crippen molar-refractivity contribution in [2.75, 3.05) is 7.05 Å². The van der Waals surface area contributed by atoms with Crippen LogP contribution in [0.2, 0.25) is 0 Å².